The van der Waals surface area contributed by atoms with Crippen LogP contribution >= 0.6 is 11.6 Å². The van der Waals surface area contributed by atoms with E-state index in [1.165, 1.54) is 14.0 Å². The van der Waals surface area contributed by atoms with Gasteiger partial charge in [0.25, 0.3) is 0 Å². The van der Waals surface area contributed by atoms with Crippen molar-refractivity contribution in [1.82, 2.24) is 0 Å². The average Bonchev–Trinajstić information content (AvgIpc) is 3.11. The van der Waals surface area contributed by atoms with Crippen LogP contribution in [-0.4, -0.2) is 32.3 Å². The van der Waals surface area contributed by atoms with Crippen molar-refractivity contribution in [3.63, 3.8) is 0 Å². The van der Waals surface area contributed by atoms with Gasteiger partial charge in [-0.25, -0.2) is 0 Å². The van der Waals surface area contributed by atoms with Gasteiger partial charge in [0, 0.05) is 13.0 Å². The quantitative estimate of drug-likeness (QED) is 0.833. The number of amides is 1. The van der Waals surface area contributed by atoms with Gasteiger partial charge >= 0.3 is 0 Å². The van der Waals surface area contributed by atoms with Crippen LogP contribution in [0.2, 0.25) is 5.02 Å². The summed E-state index contributed by atoms with van der Waals surface area (Å²) in [4.78, 5) is 11.1. The van der Waals surface area contributed by atoms with Crippen LogP contribution in [0.5, 0.6) is 11.5 Å². The minimum absolute atomic E-state index is 0.136. The van der Waals surface area contributed by atoms with Crippen molar-refractivity contribution < 1.29 is 19.0 Å². The molecule has 2 rings (SSSR count). The van der Waals surface area contributed by atoms with Gasteiger partial charge in [-0.05, 0) is 6.07 Å². The summed E-state index contributed by atoms with van der Waals surface area (Å²) < 4.78 is 15.8. The number of hydrogen-bond donors (Lipinski definition) is 1. The second-order valence-electron chi connectivity index (χ2n) is 3.93. The summed E-state index contributed by atoms with van der Waals surface area (Å²) in [6.45, 7) is 2.57. The fourth-order valence-corrected chi connectivity index (χ4v) is 1.69. The lowest BCUT2D eigenvalue weighted by atomic mass is 10.2. The van der Waals surface area contributed by atoms with Crippen molar-refractivity contribution in [3.8, 4) is 11.5 Å². The van der Waals surface area contributed by atoms with Gasteiger partial charge in [0.2, 0.25) is 5.91 Å². The zero-order valence-electron chi connectivity index (χ0n) is 10.2. The van der Waals surface area contributed by atoms with E-state index in [2.05, 4.69) is 5.32 Å². The molecule has 1 saturated heterocycles. The first-order valence-corrected chi connectivity index (χ1v) is 5.87. The van der Waals surface area contributed by atoms with Crippen LogP contribution in [0.25, 0.3) is 0 Å². The predicted molar refractivity (Wildman–Crippen MR) is 67.5 cm³/mol. The minimum Gasteiger partial charge on any atom is -0.495 e. The number of methoxy groups -OCH3 is 1. The van der Waals surface area contributed by atoms with Gasteiger partial charge in [0.1, 0.15) is 24.2 Å². The summed E-state index contributed by atoms with van der Waals surface area (Å²) in [7, 11) is 1.52. The Morgan fingerprint density at radius 3 is 2.83 bits per heavy atom. The summed E-state index contributed by atoms with van der Waals surface area (Å²) in [6.07, 6.45) is 0.136. The molecule has 1 fully saturated rings. The zero-order chi connectivity index (χ0) is 13.1. The van der Waals surface area contributed by atoms with E-state index < -0.39 is 0 Å². The second-order valence-corrected chi connectivity index (χ2v) is 4.34. The lowest BCUT2D eigenvalue weighted by Gasteiger charge is -2.13. The van der Waals surface area contributed by atoms with Gasteiger partial charge in [-0.3, -0.25) is 4.79 Å². The summed E-state index contributed by atoms with van der Waals surface area (Å²) in [5.41, 5.74) is 0.522. The molecule has 1 aliphatic heterocycles. The molecule has 1 aromatic carbocycles. The van der Waals surface area contributed by atoms with Gasteiger partial charge in [-0.1, -0.05) is 11.6 Å². The maximum Gasteiger partial charge on any atom is 0.221 e. The Bertz CT molecular complexity index is 460. The molecule has 0 saturated carbocycles. The molecule has 98 valence electrons. The van der Waals surface area contributed by atoms with E-state index in [0.29, 0.717) is 35.4 Å². The molecular weight excluding hydrogens is 258 g/mol. The summed E-state index contributed by atoms with van der Waals surface area (Å²) >= 11 is 6.00. The Morgan fingerprint density at radius 2 is 2.28 bits per heavy atom. The van der Waals surface area contributed by atoms with Crippen LogP contribution in [0.3, 0.4) is 0 Å². The second kappa shape index (κ2) is 5.46. The largest absolute Gasteiger partial charge is 0.495 e. The Morgan fingerprint density at radius 1 is 1.56 bits per heavy atom. The van der Waals surface area contributed by atoms with Crippen LogP contribution in [0.4, 0.5) is 5.69 Å². The Hall–Kier alpha value is -1.46. The molecule has 1 N–H and O–H groups in total. The maximum atomic E-state index is 11.1. The molecule has 6 heteroatoms. The molecule has 0 bridgehead atoms. The number of hydrogen-bond acceptors (Lipinski definition) is 4. The highest BCUT2D eigenvalue weighted by Gasteiger charge is 2.24. The van der Waals surface area contributed by atoms with E-state index in [4.69, 9.17) is 25.8 Å². The van der Waals surface area contributed by atoms with Crippen LogP contribution in [-0.2, 0) is 9.53 Å². The summed E-state index contributed by atoms with van der Waals surface area (Å²) in [5, 5.41) is 3.08. The number of rotatable bonds is 5. The van der Waals surface area contributed by atoms with Gasteiger partial charge in [-0.2, -0.15) is 0 Å². The number of halogens is 1. The lowest BCUT2D eigenvalue weighted by molar-refractivity contribution is -0.114. The topological polar surface area (TPSA) is 60.1 Å². The number of epoxide rings is 1. The van der Waals surface area contributed by atoms with E-state index >= 15 is 0 Å². The van der Waals surface area contributed by atoms with Crippen molar-refractivity contribution >= 4 is 23.2 Å². The number of nitrogens with one attached hydrogen (secondary N) is 1. The summed E-state index contributed by atoms with van der Waals surface area (Å²) in [6, 6.07) is 3.25. The molecule has 0 aliphatic carbocycles. The van der Waals surface area contributed by atoms with Crippen molar-refractivity contribution in [1.29, 1.82) is 0 Å². The highest BCUT2D eigenvalue weighted by Crippen LogP contribution is 2.36. The van der Waals surface area contributed by atoms with Crippen LogP contribution in [0.15, 0.2) is 12.1 Å². The van der Waals surface area contributed by atoms with Crippen LogP contribution in [0, 0.1) is 0 Å². The minimum atomic E-state index is -0.191. The molecule has 1 amide bonds. The Balaban J connectivity index is 2.22. The van der Waals surface area contributed by atoms with Gasteiger partial charge in [0.15, 0.2) is 0 Å². The van der Waals surface area contributed by atoms with Crippen molar-refractivity contribution in [2.75, 3.05) is 25.6 Å². The molecule has 1 atom stereocenters. The fraction of sp³-hybridized carbons (Fsp3) is 0.417. The lowest BCUT2D eigenvalue weighted by Crippen LogP contribution is -2.10. The van der Waals surface area contributed by atoms with Crippen LogP contribution < -0.4 is 14.8 Å². The van der Waals surface area contributed by atoms with Crippen LogP contribution in [0.1, 0.15) is 6.92 Å². The van der Waals surface area contributed by atoms with Crippen molar-refractivity contribution in [3.05, 3.63) is 17.2 Å². The highest BCUT2D eigenvalue weighted by molar-refractivity contribution is 6.32. The number of ether oxygens (including phenoxy) is 3. The monoisotopic (exact) mass is 271 g/mol. The average molecular weight is 272 g/mol. The van der Waals surface area contributed by atoms with E-state index in [-0.39, 0.29) is 12.0 Å². The van der Waals surface area contributed by atoms with Gasteiger partial charge in [-0.15, -0.1) is 0 Å². The Labute approximate surface area is 110 Å². The molecule has 1 aromatic rings. The fourth-order valence-electron chi connectivity index (χ4n) is 1.44. The molecule has 0 radical (unpaired) electrons. The van der Waals surface area contributed by atoms with Crippen molar-refractivity contribution in [2.45, 2.75) is 13.0 Å². The molecule has 0 aromatic heterocycles. The smallest absolute Gasteiger partial charge is 0.221 e. The zero-order valence-corrected chi connectivity index (χ0v) is 10.9. The first-order valence-electron chi connectivity index (χ1n) is 5.49. The third-order valence-corrected chi connectivity index (χ3v) is 2.69. The third kappa shape index (κ3) is 3.27. The summed E-state index contributed by atoms with van der Waals surface area (Å²) in [5.74, 6) is 0.822. The molecular formula is C12H14ClNO4. The van der Waals surface area contributed by atoms with E-state index in [0.717, 1.165) is 0 Å². The first-order chi connectivity index (χ1) is 8.60. The normalized spacial score (nSPS) is 17.2. The number of anilines is 1. The SMILES string of the molecule is COc1cc(OC[C@@H]2CO2)c(NC(C)=O)cc1Cl. The van der Waals surface area contributed by atoms with E-state index in [1.54, 1.807) is 12.1 Å². The Kier molecular flexibility index (Phi) is 3.93. The molecule has 5 nitrogen and oxygen atoms in total. The molecule has 1 heterocycles. The molecule has 0 spiro atoms. The molecule has 18 heavy (non-hydrogen) atoms. The number of benzene rings is 1. The highest BCUT2D eigenvalue weighted by atomic mass is 35.5. The first kappa shape index (κ1) is 13.0. The van der Waals surface area contributed by atoms with Gasteiger partial charge in [0.05, 0.1) is 24.4 Å². The maximum absolute atomic E-state index is 11.1. The molecule has 1 aliphatic rings. The predicted octanol–water partition coefficient (Wildman–Crippen LogP) is 2.08. The third-order valence-electron chi connectivity index (χ3n) is 2.39. The standard InChI is InChI=1S/C12H14ClNO4/c1-7(15)14-10-3-9(13)11(16-2)4-12(10)18-6-8-5-17-8/h3-4,8H,5-6H2,1-2H3,(H,14,15)/t8-/m0/s1. The molecule has 0 unspecified atom stereocenters. The number of carbonyl (C=O) groups is 1. The van der Waals surface area contributed by atoms with Gasteiger partial charge < -0.3 is 19.5 Å². The van der Waals surface area contributed by atoms with E-state index in [9.17, 15) is 4.79 Å². The van der Waals surface area contributed by atoms with Crippen molar-refractivity contribution in [2.24, 2.45) is 0 Å². The number of carbonyl (C=O) groups excluding carboxylic acids is 1. The van der Waals surface area contributed by atoms with E-state index in [1.807, 2.05) is 0 Å².